The first-order valence-electron chi connectivity index (χ1n) is 4.99. The minimum absolute atomic E-state index is 0.0227. The van der Waals surface area contributed by atoms with Crippen molar-refractivity contribution < 1.29 is 23.0 Å². The summed E-state index contributed by atoms with van der Waals surface area (Å²) in [5.41, 5.74) is -1.32. The first-order chi connectivity index (χ1) is 8.56. The number of alkyl halides is 2. The number of rotatable bonds is 4. The third-order valence-corrected chi connectivity index (χ3v) is 2.09. The van der Waals surface area contributed by atoms with Crippen molar-refractivity contribution in [1.29, 1.82) is 5.26 Å². The number of nitriles is 1. The van der Waals surface area contributed by atoms with Crippen LogP contribution in [0.1, 0.15) is 35.0 Å². The van der Waals surface area contributed by atoms with Gasteiger partial charge in [-0.1, -0.05) is 0 Å². The maximum atomic E-state index is 12.8. The molecular formula is C11H10F2N2O3. The average molecular weight is 256 g/mol. The highest BCUT2D eigenvalue weighted by molar-refractivity contribution is 5.95. The van der Waals surface area contributed by atoms with Gasteiger partial charge in [0.05, 0.1) is 19.3 Å². The third kappa shape index (κ3) is 2.53. The second kappa shape index (κ2) is 5.91. The van der Waals surface area contributed by atoms with E-state index in [9.17, 15) is 13.6 Å². The quantitative estimate of drug-likeness (QED) is 0.771. The molecule has 5 nitrogen and oxygen atoms in total. The van der Waals surface area contributed by atoms with Crippen molar-refractivity contribution in [3.63, 3.8) is 0 Å². The summed E-state index contributed by atoms with van der Waals surface area (Å²) in [6.07, 6.45) is -2.14. The van der Waals surface area contributed by atoms with Crippen LogP contribution in [-0.4, -0.2) is 24.7 Å². The number of hydrogen-bond donors (Lipinski definition) is 0. The summed E-state index contributed by atoms with van der Waals surface area (Å²) < 4.78 is 35.1. The minimum atomic E-state index is -2.92. The Bertz CT molecular complexity index is 498. The summed E-state index contributed by atoms with van der Waals surface area (Å²) in [5, 5.41) is 8.78. The lowest BCUT2D eigenvalue weighted by Gasteiger charge is -2.12. The first-order valence-corrected chi connectivity index (χ1v) is 4.99. The van der Waals surface area contributed by atoms with Gasteiger partial charge in [-0.05, 0) is 6.92 Å². The Labute approximate surface area is 102 Å². The van der Waals surface area contributed by atoms with Crippen LogP contribution in [0.3, 0.4) is 0 Å². The van der Waals surface area contributed by atoms with Gasteiger partial charge in [0.25, 0.3) is 6.43 Å². The van der Waals surface area contributed by atoms with Crippen LogP contribution in [0.2, 0.25) is 0 Å². The molecule has 0 amide bonds. The van der Waals surface area contributed by atoms with Crippen LogP contribution in [-0.2, 0) is 4.74 Å². The van der Waals surface area contributed by atoms with Crippen LogP contribution in [0.4, 0.5) is 8.78 Å². The number of carbonyl (C=O) groups is 1. The van der Waals surface area contributed by atoms with Crippen LogP contribution in [0.25, 0.3) is 0 Å². The van der Waals surface area contributed by atoms with E-state index in [1.165, 1.54) is 0 Å². The zero-order chi connectivity index (χ0) is 13.7. The van der Waals surface area contributed by atoms with Crippen LogP contribution in [0, 0.1) is 11.3 Å². The summed E-state index contributed by atoms with van der Waals surface area (Å²) in [7, 11) is 1.16. The molecule has 0 unspecified atom stereocenters. The number of carbonyl (C=O) groups excluding carboxylic acids is 1. The maximum absolute atomic E-state index is 12.8. The maximum Gasteiger partial charge on any atom is 0.342 e. The van der Waals surface area contributed by atoms with Gasteiger partial charge < -0.3 is 9.47 Å². The predicted molar refractivity (Wildman–Crippen MR) is 56.4 cm³/mol. The Kier molecular flexibility index (Phi) is 4.54. The molecule has 1 aromatic rings. The minimum Gasteiger partial charge on any atom is -0.493 e. The summed E-state index contributed by atoms with van der Waals surface area (Å²) in [5.74, 6) is -1.27. The van der Waals surface area contributed by atoms with Gasteiger partial charge in [0.15, 0.2) is 11.4 Å². The molecule has 0 atom stereocenters. The molecule has 0 aliphatic heterocycles. The SMILES string of the molecule is CCOC(=O)c1c(C(F)F)cnc(C#N)c1OC. The van der Waals surface area contributed by atoms with Crippen LogP contribution < -0.4 is 4.74 Å². The molecule has 0 fully saturated rings. The van der Waals surface area contributed by atoms with E-state index < -0.39 is 23.5 Å². The zero-order valence-corrected chi connectivity index (χ0v) is 9.74. The fourth-order valence-electron chi connectivity index (χ4n) is 1.36. The van der Waals surface area contributed by atoms with Crippen molar-refractivity contribution in [2.24, 2.45) is 0 Å². The lowest BCUT2D eigenvalue weighted by molar-refractivity contribution is 0.0510. The van der Waals surface area contributed by atoms with Gasteiger partial charge in [-0.2, -0.15) is 5.26 Å². The van der Waals surface area contributed by atoms with E-state index in [0.29, 0.717) is 0 Å². The number of aromatic nitrogens is 1. The molecule has 1 rings (SSSR count). The smallest absolute Gasteiger partial charge is 0.342 e. The average Bonchev–Trinajstić information content (AvgIpc) is 2.36. The van der Waals surface area contributed by atoms with Gasteiger partial charge in [0.1, 0.15) is 11.6 Å². The highest BCUT2D eigenvalue weighted by Gasteiger charge is 2.27. The van der Waals surface area contributed by atoms with E-state index in [2.05, 4.69) is 9.72 Å². The van der Waals surface area contributed by atoms with Crippen LogP contribution in [0.5, 0.6) is 5.75 Å². The Balaban J connectivity index is 3.49. The topological polar surface area (TPSA) is 72.2 Å². The van der Waals surface area contributed by atoms with E-state index in [1.807, 2.05) is 0 Å². The summed E-state index contributed by atoms with van der Waals surface area (Å²) >= 11 is 0. The van der Waals surface area contributed by atoms with Crippen LogP contribution >= 0.6 is 0 Å². The van der Waals surface area contributed by atoms with Gasteiger partial charge >= 0.3 is 5.97 Å². The molecule has 18 heavy (non-hydrogen) atoms. The van der Waals surface area contributed by atoms with E-state index in [1.54, 1.807) is 13.0 Å². The van der Waals surface area contributed by atoms with Gasteiger partial charge in [-0.3, -0.25) is 0 Å². The molecule has 0 saturated heterocycles. The number of esters is 1. The number of nitrogens with zero attached hydrogens (tertiary/aromatic N) is 2. The van der Waals surface area contributed by atoms with Crippen molar-refractivity contribution >= 4 is 5.97 Å². The Hall–Kier alpha value is -2.23. The molecule has 0 aliphatic rings. The summed E-state index contributed by atoms with van der Waals surface area (Å²) in [6.45, 7) is 1.56. The number of hydrogen-bond acceptors (Lipinski definition) is 5. The monoisotopic (exact) mass is 256 g/mol. The van der Waals surface area contributed by atoms with E-state index in [-0.39, 0.29) is 18.1 Å². The molecule has 0 N–H and O–H groups in total. The molecule has 1 aromatic heterocycles. The summed E-state index contributed by atoms with van der Waals surface area (Å²) in [4.78, 5) is 15.2. The standard InChI is InChI=1S/C11H10F2N2O3/c1-3-18-11(16)8-6(10(12)13)5-15-7(4-14)9(8)17-2/h5,10H,3H2,1-2H3. The molecule has 0 bridgehead atoms. The number of halogens is 2. The van der Waals surface area contributed by atoms with Crippen molar-refractivity contribution in [3.05, 3.63) is 23.0 Å². The van der Waals surface area contributed by atoms with Gasteiger partial charge in [0.2, 0.25) is 0 Å². The lowest BCUT2D eigenvalue weighted by atomic mass is 10.1. The third-order valence-electron chi connectivity index (χ3n) is 2.09. The molecular weight excluding hydrogens is 246 g/mol. The van der Waals surface area contributed by atoms with Gasteiger partial charge in [0, 0.05) is 6.20 Å². The van der Waals surface area contributed by atoms with E-state index in [0.717, 1.165) is 13.3 Å². The highest BCUT2D eigenvalue weighted by atomic mass is 19.3. The molecule has 0 aliphatic carbocycles. The molecule has 0 radical (unpaired) electrons. The molecule has 0 saturated carbocycles. The molecule has 0 spiro atoms. The Morgan fingerprint density at radius 1 is 1.61 bits per heavy atom. The fourth-order valence-corrected chi connectivity index (χ4v) is 1.36. The molecule has 7 heteroatoms. The van der Waals surface area contributed by atoms with Crippen molar-refractivity contribution in [2.75, 3.05) is 13.7 Å². The Morgan fingerprint density at radius 3 is 2.72 bits per heavy atom. The summed E-state index contributed by atoms with van der Waals surface area (Å²) in [6, 6.07) is 1.66. The van der Waals surface area contributed by atoms with E-state index in [4.69, 9.17) is 10.00 Å². The van der Waals surface area contributed by atoms with Gasteiger partial charge in [-0.15, -0.1) is 0 Å². The molecule has 96 valence electrons. The number of methoxy groups -OCH3 is 1. The van der Waals surface area contributed by atoms with Crippen molar-refractivity contribution in [3.8, 4) is 11.8 Å². The fraction of sp³-hybridized carbons (Fsp3) is 0.364. The zero-order valence-electron chi connectivity index (χ0n) is 9.74. The van der Waals surface area contributed by atoms with Crippen LogP contribution in [0.15, 0.2) is 6.20 Å². The lowest BCUT2D eigenvalue weighted by Crippen LogP contribution is -2.12. The number of ether oxygens (including phenoxy) is 2. The number of pyridine rings is 1. The second-order valence-electron chi connectivity index (χ2n) is 3.10. The van der Waals surface area contributed by atoms with Gasteiger partial charge in [-0.25, -0.2) is 18.6 Å². The van der Waals surface area contributed by atoms with Crippen molar-refractivity contribution in [1.82, 2.24) is 4.98 Å². The predicted octanol–water partition coefficient (Wildman–Crippen LogP) is 2.08. The Morgan fingerprint density at radius 2 is 2.28 bits per heavy atom. The van der Waals surface area contributed by atoms with Crippen molar-refractivity contribution in [2.45, 2.75) is 13.3 Å². The largest absolute Gasteiger partial charge is 0.493 e. The molecule has 1 heterocycles. The first kappa shape index (κ1) is 13.8. The molecule has 0 aromatic carbocycles. The highest BCUT2D eigenvalue weighted by Crippen LogP contribution is 2.31. The second-order valence-corrected chi connectivity index (χ2v) is 3.10. The normalized spacial score (nSPS) is 10.0. The van der Waals surface area contributed by atoms with E-state index >= 15 is 0 Å².